The molecule has 2 fully saturated rings. The van der Waals surface area contributed by atoms with Crippen molar-refractivity contribution in [2.75, 3.05) is 18.5 Å². The number of benzene rings is 1. The van der Waals surface area contributed by atoms with Gasteiger partial charge < -0.3 is 25.2 Å². The molecule has 10 nitrogen and oxygen atoms in total. The first-order valence-electron chi connectivity index (χ1n) is 12.9. The zero-order valence-electron chi connectivity index (χ0n) is 20.8. The molecule has 1 aromatic heterocycles. The molecule has 1 saturated heterocycles. The summed E-state index contributed by atoms with van der Waals surface area (Å²) in [4.78, 5) is 41.8. The summed E-state index contributed by atoms with van der Waals surface area (Å²) in [6.07, 6.45) is 8.04. The first kappa shape index (κ1) is 25.8. The maximum absolute atomic E-state index is 12.7. The highest BCUT2D eigenvalue weighted by atomic mass is 16.5. The molecule has 1 aromatic carbocycles. The van der Waals surface area contributed by atoms with E-state index >= 15 is 0 Å². The molecular weight excluding hydrogens is 462 g/mol. The van der Waals surface area contributed by atoms with Crippen LogP contribution in [0.4, 0.5) is 5.69 Å². The van der Waals surface area contributed by atoms with Gasteiger partial charge in [-0.3, -0.25) is 14.4 Å². The van der Waals surface area contributed by atoms with Crippen LogP contribution in [0.2, 0.25) is 0 Å². The molecule has 0 spiro atoms. The van der Waals surface area contributed by atoms with Crippen molar-refractivity contribution < 1.29 is 23.6 Å². The molecule has 1 saturated carbocycles. The Morgan fingerprint density at radius 2 is 1.86 bits per heavy atom. The number of aromatic nitrogens is 2. The number of para-hydroxylation sites is 1. The number of carbonyl (C=O) groups excluding carboxylic acids is 3. The summed E-state index contributed by atoms with van der Waals surface area (Å²) in [5.41, 5.74) is 0.221. The van der Waals surface area contributed by atoms with Gasteiger partial charge in [-0.2, -0.15) is 4.98 Å². The number of hydrogen-bond acceptors (Lipinski definition) is 7. The van der Waals surface area contributed by atoms with E-state index < -0.39 is 5.54 Å². The van der Waals surface area contributed by atoms with E-state index in [4.69, 9.17) is 9.26 Å². The molecule has 3 amide bonds. The van der Waals surface area contributed by atoms with Gasteiger partial charge in [-0.15, -0.1) is 0 Å². The number of anilines is 1. The Balaban J connectivity index is 1.34. The van der Waals surface area contributed by atoms with E-state index in [1.807, 2.05) is 0 Å². The van der Waals surface area contributed by atoms with E-state index in [0.29, 0.717) is 29.5 Å². The van der Waals surface area contributed by atoms with Crippen LogP contribution in [0.1, 0.15) is 86.8 Å². The highest BCUT2D eigenvalue weighted by Crippen LogP contribution is 2.34. The molecule has 194 valence electrons. The van der Waals surface area contributed by atoms with Crippen LogP contribution in [-0.4, -0.2) is 47.1 Å². The van der Waals surface area contributed by atoms with Crippen LogP contribution >= 0.6 is 0 Å². The van der Waals surface area contributed by atoms with Gasteiger partial charge in [0.1, 0.15) is 5.54 Å². The van der Waals surface area contributed by atoms with E-state index in [0.717, 1.165) is 58.0 Å². The van der Waals surface area contributed by atoms with Crippen molar-refractivity contribution >= 4 is 23.4 Å². The highest BCUT2D eigenvalue weighted by Gasteiger charge is 2.38. The minimum atomic E-state index is -0.623. The van der Waals surface area contributed by atoms with Gasteiger partial charge in [-0.1, -0.05) is 43.0 Å². The average Bonchev–Trinajstić information content (AvgIpc) is 3.51. The molecule has 1 aliphatic carbocycles. The van der Waals surface area contributed by atoms with E-state index in [1.54, 1.807) is 24.3 Å². The van der Waals surface area contributed by atoms with Gasteiger partial charge in [0.15, 0.2) is 5.82 Å². The number of rotatable bonds is 9. The third-order valence-corrected chi connectivity index (χ3v) is 6.79. The maximum atomic E-state index is 12.7. The molecular formula is C26H35N5O5. The van der Waals surface area contributed by atoms with Crippen LogP contribution in [0.15, 0.2) is 28.8 Å². The van der Waals surface area contributed by atoms with E-state index in [2.05, 4.69) is 26.1 Å². The Morgan fingerprint density at radius 3 is 2.58 bits per heavy atom. The smallest absolute Gasteiger partial charge is 0.253 e. The van der Waals surface area contributed by atoms with Crippen LogP contribution in [0.25, 0.3) is 0 Å². The van der Waals surface area contributed by atoms with Gasteiger partial charge in [-0.25, -0.2) is 0 Å². The summed E-state index contributed by atoms with van der Waals surface area (Å²) in [6.45, 7) is 2.67. The minimum Gasteiger partial charge on any atom is -0.376 e. The summed E-state index contributed by atoms with van der Waals surface area (Å²) < 4.78 is 11.0. The molecule has 4 rings (SSSR count). The van der Waals surface area contributed by atoms with Crippen LogP contribution in [0, 0.1) is 0 Å². The predicted octanol–water partition coefficient (Wildman–Crippen LogP) is 3.24. The number of nitrogens with one attached hydrogen (secondary N) is 3. The number of amides is 3. The fraction of sp³-hybridized carbons (Fsp3) is 0.577. The quantitative estimate of drug-likeness (QED) is 0.453. The lowest BCUT2D eigenvalue weighted by Gasteiger charge is -2.30. The second kappa shape index (κ2) is 12.1. The van der Waals surface area contributed by atoms with Gasteiger partial charge >= 0.3 is 0 Å². The number of ether oxygens (including phenoxy) is 1. The lowest BCUT2D eigenvalue weighted by molar-refractivity contribution is -0.121. The highest BCUT2D eigenvalue weighted by molar-refractivity contribution is 6.03. The molecule has 10 heteroatoms. The van der Waals surface area contributed by atoms with Gasteiger partial charge in [0, 0.05) is 32.9 Å². The van der Waals surface area contributed by atoms with Crippen LogP contribution < -0.4 is 16.0 Å². The van der Waals surface area contributed by atoms with Crippen molar-refractivity contribution in [2.24, 2.45) is 0 Å². The van der Waals surface area contributed by atoms with Crippen molar-refractivity contribution in [2.45, 2.75) is 82.8 Å². The fourth-order valence-corrected chi connectivity index (χ4v) is 4.95. The number of nitrogens with zero attached hydrogens (tertiary/aromatic N) is 2. The normalized spacial score (nSPS) is 19.3. The lowest BCUT2D eigenvalue weighted by atomic mass is 9.89. The van der Waals surface area contributed by atoms with Crippen molar-refractivity contribution in [3.8, 4) is 0 Å². The molecule has 1 aliphatic heterocycles. The molecule has 2 heterocycles. The van der Waals surface area contributed by atoms with Crippen molar-refractivity contribution in [3.05, 3.63) is 41.5 Å². The second-order valence-corrected chi connectivity index (χ2v) is 9.63. The predicted molar refractivity (Wildman–Crippen MR) is 132 cm³/mol. The SMILES string of the molecule is CC(=O)NC1(c2noc(CCC(=O)Nc3ccccc3C(=O)NCC3CCCO3)n2)CCCCCC1. The Hall–Kier alpha value is -3.27. The van der Waals surface area contributed by atoms with Gasteiger partial charge in [0.05, 0.1) is 17.4 Å². The Bertz CT molecular complexity index is 1050. The Morgan fingerprint density at radius 1 is 1.08 bits per heavy atom. The number of aryl methyl sites for hydroxylation is 1. The maximum Gasteiger partial charge on any atom is 0.253 e. The summed E-state index contributed by atoms with van der Waals surface area (Å²) in [7, 11) is 0. The molecule has 1 atom stereocenters. The van der Waals surface area contributed by atoms with Crippen molar-refractivity contribution in [1.82, 2.24) is 20.8 Å². The monoisotopic (exact) mass is 497 g/mol. The zero-order chi connectivity index (χ0) is 25.4. The number of carbonyl (C=O) groups is 3. The standard InChI is InChI=1S/C26H35N5O5/c1-18(32)30-26(14-6-2-3-7-15-26)25-29-23(36-31-25)13-12-22(33)28-21-11-5-4-10-20(21)24(34)27-17-19-9-8-16-35-19/h4-5,10-11,19H,2-3,6-9,12-17H2,1H3,(H,27,34)(H,28,33)(H,30,32). The van der Waals surface area contributed by atoms with Gasteiger partial charge in [-0.05, 0) is 37.8 Å². The van der Waals surface area contributed by atoms with Crippen LogP contribution in [0.3, 0.4) is 0 Å². The number of hydrogen-bond donors (Lipinski definition) is 3. The molecule has 0 bridgehead atoms. The molecule has 2 aliphatic rings. The summed E-state index contributed by atoms with van der Waals surface area (Å²) in [5.74, 6) is 0.177. The van der Waals surface area contributed by atoms with E-state index in [-0.39, 0.29) is 36.7 Å². The summed E-state index contributed by atoms with van der Waals surface area (Å²) in [5, 5.41) is 12.9. The fourth-order valence-electron chi connectivity index (χ4n) is 4.95. The second-order valence-electron chi connectivity index (χ2n) is 9.63. The third-order valence-electron chi connectivity index (χ3n) is 6.79. The largest absolute Gasteiger partial charge is 0.376 e. The van der Waals surface area contributed by atoms with Gasteiger partial charge in [0.25, 0.3) is 5.91 Å². The van der Waals surface area contributed by atoms with Gasteiger partial charge in [0.2, 0.25) is 17.7 Å². The first-order chi connectivity index (χ1) is 17.4. The zero-order valence-corrected chi connectivity index (χ0v) is 20.8. The van der Waals surface area contributed by atoms with Crippen molar-refractivity contribution in [3.63, 3.8) is 0 Å². The van der Waals surface area contributed by atoms with Crippen LogP contribution in [-0.2, 0) is 26.3 Å². The van der Waals surface area contributed by atoms with Crippen LogP contribution in [0.5, 0.6) is 0 Å². The Labute approximate surface area is 210 Å². The third kappa shape index (κ3) is 6.69. The van der Waals surface area contributed by atoms with E-state index in [1.165, 1.54) is 6.92 Å². The molecule has 36 heavy (non-hydrogen) atoms. The topological polar surface area (TPSA) is 135 Å². The molecule has 1 unspecified atom stereocenters. The Kier molecular flexibility index (Phi) is 8.69. The average molecular weight is 498 g/mol. The van der Waals surface area contributed by atoms with Crippen molar-refractivity contribution in [1.29, 1.82) is 0 Å². The van der Waals surface area contributed by atoms with E-state index in [9.17, 15) is 14.4 Å². The lowest BCUT2D eigenvalue weighted by Crippen LogP contribution is -2.45. The molecule has 2 aromatic rings. The summed E-state index contributed by atoms with van der Waals surface area (Å²) >= 11 is 0. The summed E-state index contributed by atoms with van der Waals surface area (Å²) in [6, 6.07) is 6.91. The molecule has 0 radical (unpaired) electrons. The first-order valence-corrected chi connectivity index (χ1v) is 12.9. The minimum absolute atomic E-state index is 0.0396. The molecule has 3 N–H and O–H groups in total.